The highest BCUT2D eigenvalue weighted by Crippen LogP contribution is 2.19. The molecule has 0 unspecified atom stereocenters. The van der Waals surface area contributed by atoms with Crippen molar-refractivity contribution in [3.8, 4) is 0 Å². The SMILES string of the molecule is Cc1cc2cc(CN(C[C@@H]3CCCO3)C(=S)NCCc3ccccc3)c(=O)[nH]c2cc1C. The van der Waals surface area contributed by atoms with Gasteiger partial charge in [0.05, 0.1) is 12.6 Å². The van der Waals surface area contributed by atoms with E-state index in [1.165, 1.54) is 16.7 Å². The molecular formula is C26H31N3O2S. The van der Waals surface area contributed by atoms with E-state index in [2.05, 4.69) is 47.2 Å². The Bertz CT molecular complexity index is 1140. The van der Waals surface area contributed by atoms with Crippen LogP contribution in [0.3, 0.4) is 0 Å². The smallest absolute Gasteiger partial charge is 0.253 e. The number of aryl methyl sites for hydroxylation is 2. The lowest BCUT2D eigenvalue weighted by Crippen LogP contribution is -2.44. The second-order valence-electron chi connectivity index (χ2n) is 8.63. The van der Waals surface area contributed by atoms with Crippen molar-refractivity contribution in [3.63, 3.8) is 0 Å². The van der Waals surface area contributed by atoms with Crippen LogP contribution in [0.4, 0.5) is 0 Å². The number of nitrogens with zero attached hydrogens (tertiary/aromatic N) is 1. The zero-order valence-electron chi connectivity index (χ0n) is 18.8. The van der Waals surface area contributed by atoms with Crippen molar-refractivity contribution in [2.45, 2.75) is 45.8 Å². The van der Waals surface area contributed by atoms with Crippen molar-refractivity contribution in [1.29, 1.82) is 0 Å². The van der Waals surface area contributed by atoms with Crippen molar-refractivity contribution in [3.05, 3.63) is 81.1 Å². The Morgan fingerprint density at radius 1 is 1.19 bits per heavy atom. The molecule has 5 nitrogen and oxygen atoms in total. The Hall–Kier alpha value is -2.70. The summed E-state index contributed by atoms with van der Waals surface area (Å²) in [4.78, 5) is 18.0. The third-order valence-corrected chi connectivity index (χ3v) is 6.57. The molecule has 1 aromatic heterocycles. The molecule has 2 N–H and O–H groups in total. The number of nitrogens with one attached hydrogen (secondary N) is 2. The Morgan fingerprint density at radius 2 is 1.97 bits per heavy atom. The number of aromatic nitrogens is 1. The van der Waals surface area contributed by atoms with Crippen molar-refractivity contribution >= 4 is 28.2 Å². The van der Waals surface area contributed by atoms with Crippen LogP contribution < -0.4 is 10.9 Å². The molecule has 0 spiro atoms. The number of hydrogen-bond donors (Lipinski definition) is 2. The maximum absolute atomic E-state index is 12.8. The summed E-state index contributed by atoms with van der Waals surface area (Å²) in [7, 11) is 0. The van der Waals surface area contributed by atoms with Gasteiger partial charge in [-0.2, -0.15) is 0 Å². The van der Waals surface area contributed by atoms with E-state index in [9.17, 15) is 4.79 Å². The summed E-state index contributed by atoms with van der Waals surface area (Å²) in [6, 6.07) is 16.5. The van der Waals surface area contributed by atoms with Crippen LogP contribution in [-0.4, -0.2) is 40.8 Å². The molecule has 4 rings (SSSR count). The number of rotatable bonds is 7. The van der Waals surface area contributed by atoms with Crippen molar-refractivity contribution in [2.24, 2.45) is 0 Å². The minimum atomic E-state index is -0.0646. The summed E-state index contributed by atoms with van der Waals surface area (Å²) < 4.78 is 5.86. The summed E-state index contributed by atoms with van der Waals surface area (Å²) in [5.41, 5.74) is 5.17. The molecule has 1 atom stereocenters. The molecule has 1 fully saturated rings. The van der Waals surface area contributed by atoms with Crippen LogP contribution in [-0.2, 0) is 17.7 Å². The van der Waals surface area contributed by atoms with Gasteiger partial charge in [-0.15, -0.1) is 0 Å². The van der Waals surface area contributed by atoms with Crippen LogP contribution in [0.2, 0.25) is 0 Å². The molecule has 2 heterocycles. The quantitative estimate of drug-likeness (QED) is 0.529. The minimum Gasteiger partial charge on any atom is -0.376 e. The van der Waals surface area contributed by atoms with E-state index in [1.54, 1.807) is 0 Å². The topological polar surface area (TPSA) is 57.4 Å². The van der Waals surface area contributed by atoms with Crippen LogP contribution in [0.15, 0.2) is 53.3 Å². The number of hydrogen-bond acceptors (Lipinski definition) is 3. The number of benzene rings is 2. The molecule has 0 aliphatic carbocycles. The number of pyridine rings is 1. The molecule has 6 heteroatoms. The van der Waals surface area contributed by atoms with E-state index < -0.39 is 0 Å². The van der Waals surface area contributed by atoms with Gasteiger partial charge in [-0.1, -0.05) is 30.3 Å². The number of ether oxygens (including phenoxy) is 1. The molecular weight excluding hydrogens is 418 g/mol. The predicted octanol–water partition coefficient (Wildman–Crippen LogP) is 4.24. The Kier molecular flexibility index (Phi) is 7.22. The number of H-pyrrole nitrogens is 1. The maximum atomic E-state index is 12.8. The molecule has 1 aliphatic heterocycles. The first kappa shape index (κ1) is 22.5. The fourth-order valence-corrected chi connectivity index (χ4v) is 4.41. The average Bonchev–Trinajstić information content (AvgIpc) is 3.29. The van der Waals surface area contributed by atoms with E-state index in [-0.39, 0.29) is 11.7 Å². The van der Waals surface area contributed by atoms with Gasteiger partial charge < -0.3 is 19.9 Å². The molecule has 0 saturated carbocycles. The van der Waals surface area contributed by atoms with Gasteiger partial charge in [0, 0.05) is 30.8 Å². The third-order valence-electron chi connectivity index (χ3n) is 6.16. The predicted molar refractivity (Wildman–Crippen MR) is 134 cm³/mol. The number of aromatic amines is 1. The Morgan fingerprint density at radius 3 is 2.72 bits per heavy atom. The summed E-state index contributed by atoms with van der Waals surface area (Å²) in [5.74, 6) is 0. The van der Waals surface area contributed by atoms with Gasteiger partial charge in [0.25, 0.3) is 5.56 Å². The summed E-state index contributed by atoms with van der Waals surface area (Å²) >= 11 is 5.75. The molecule has 3 aromatic rings. The minimum absolute atomic E-state index is 0.0646. The number of fused-ring (bicyclic) bond motifs is 1. The molecule has 1 saturated heterocycles. The molecule has 0 bridgehead atoms. The van der Waals surface area contributed by atoms with Crippen LogP contribution in [0.1, 0.15) is 35.1 Å². The third kappa shape index (κ3) is 5.56. The largest absolute Gasteiger partial charge is 0.376 e. The average molecular weight is 450 g/mol. The second kappa shape index (κ2) is 10.3. The van der Waals surface area contributed by atoms with Gasteiger partial charge in [0.2, 0.25) is 0 Å². The molecule has 1 aliphatic rings. The van der Waals surface area contributed by atoms with Gasteiger partial charge in [0.1, 0.15) is 0 Å². The van der Waals surface area contributed by atoms with Gasteiger partial charge in [-0.25, -0.2) is 0 Å². The molecule has 32 heavy (non-hydrogen) atoms. The lowest BCUT2D eigenvalue weighted by Gasteiger charge is -2.28. The molecule has 0 radical (unpaired) electrons. The zero-order valence-corrected chi connectivity index (χ0v) is 19.6. The van der Waals surface area contributed by atoms with Crippen molar-refractivity contribution in [2.75, 3.05) is 19.7 Å². The van der Waals surface area contributed by atoms with Gasteiger partial charge in [-0.05, 0) is 85.6 Å². The Labute approximate surface area is 194 Å². The molecule has 168 valence electrons. The van der Waals surface area contributed by atoms with E-state index in [0.717, 1.165) is 43.3 Å². The maximum Gasteiger partial charge on any atom is 0.253 e. The van der Waals surface area contributed by atoms with E-state index in [4.69, 9.17) is 17.0 Å². The molecule has 0 amide bonds. The van der Waals surface area contributed by atoms with Crippen molar-refractivity contribution in [1.82, 2.24) is 15.2 Å². The standard InChI is InChI=1S/C26H31N3O2S/c1-18-13-21-15-22(25(30)28-24(21)14-19(18)2)16-29(17-23-9-6-12-31-23)26(32)27-11-10-20-7-4-3-5-8-20/h3-5,7-8,13-15,23H,6,9-12,16-17H2,1-2H3,(H,27,32)(H,28,30)/t23-/m0/s1. The Balaban J connectivity index is 1.50. The van der Waals surface area contributed by atoms with E-state index in [1.807, 2.05) is 30.3 Å². The summed E-state index contributed by atoms with van der Waals surface area (Å²) in [6.45, 7) is 6.83. The normalized spacial score (nSPS) is 15.8. The first-order valence-electron chi connectivity index (χ1n) is 11.3. The highest BCUT2D eigenvalue weighted by Gasteiger charge is 2.22. The summed E-state index contributed by atoms with van der Waals surface area (Å²) in [6.07, 6.45) is 3.13. The number of thiocarbonyl (C=S) groups is 1. The first-order chi connectivity index (χ1) is 15.5. The highest BCUT2D eigenvalue weighted by molar-refractivity contribution is 7.80. The van der Waals surface area contributed by atoms with Crippen LogP contribution in [0.5, 0.6) is 0 Å². The van der Waals surface area contributed by atoms with Crippen LogP contribution in [0.25, 0.3) is 10.9 Å². The monoisotopic (exact) mass is 449 g/mol. The lowest BCUT2D eigenvalue weighted by atomic mass is 10.0. The van der Waals surface area contributed by atoms with Gasteiger partial charge in [0.15, 0.2) is 5.11 Å². The van der Waals surface area contributed by atoms with E-state index in [0.29, 0.717) is 23.8 Å². The fraction of sp³-hybridized carbons (Fsp3) is 0.385. The molecule has 2 aromatic carbocycles. The second-order valence-corrected chi connectivity index (χ2v) is 9.02. The van der Waals surface area contributed by atoms with Crippen LogP contribution >= 0.6 is 12.2 Å². The lowest BCUT2D eigenvalue weighted by molar-refractivity contribution is 0.0897. The van der Waals surface area contributed by atoms with Crippen molar-refractivity contribution < 1.29 is 4.74 Å². The zero-order chi connectivity index (χ0) is 22.5. The van der Waals surface area contributed by atoms with E-state index >= 15 is 0 Å². The summed E-state index contributed by atoms with van der Waals surface area (Å²) in [5, 5.41) is 5.10. The highest BCUT2D eigenvalue weighted by atomic mass is 32.1. The van der Waals surface area contributed by atoms with Gasteiger partial charge >= 0.3 is 0 Å². The van der Waals surface area contributed by atoms with Gasteiger partial charge in [-0.3, -0.25) is 4.79 Å². The van der Waals surface area contributed by atoms with Crippen LogP contribution in [0, 0.1) is 13.8 Å². The first-order valence-corrected chi connectivity index (χ1v) is 11.7. The fourth-order valence-electron chi connectivity index (χ4n) is 4.17.